The van der Waals surface area contributed by atoms with Crippen molar-refractivity contribution < 1.29 is 28.5 Å². The molecule has 2 aliphatic rings. The van der Waals surface area contributed by atoms with Crippen LogP contribution in [0.25, 0.3) is 5.69 Å². The van der Waals surface area contributed by atoms with E-state index in [-0.39, 0.29) is 22.6 Å². The first-order valence-electron chi connectivity index (χ1n) is 13.6. The Labute approximate surface area is 262 Å². The monoisotopic (exact) mass is 645 g/mol. The van der Waals surface area contributed by atoms with Crippen molar-refractivity contribution in [2.45, 2.75) is 49.7 Å². The number of benzene rings is 2. The van der Waals surface area contributed by atoms with Crippen LogP contribution in [0.2, 0.25) is 15.1 Å². The highest BCUT2D eigenvalue weighted by atomic mass is 35.5. The number of carbonyl (C=O) groups is 1. The third kappa shape index (κ3) is 5.67. The predicted molar refractivity (Wildman–Crippen MR) is 159 cm³/mol. The molecule has 0 radical (unpaired) electrons. The van der Waals surface area contributed by atoms with E-state index in [9.17, 15) is 14.3 Å². The SMILES string of the molecule is COC(=O)c1cnc(OC)c([C@H]2C[C@](O)(c3ccc(OCc4c(C5CC5)cnn4-c4c(Cl)cc(F)cc4Cl)cc3Cl)C2)c1. The van der Waals surface area contributed by atoms with E-state index >= 15 is 0 Å². The molecule has 0 spiro atoms. The van der Waals surface area contributed by atoms with Crippen LogP contribution >= 0.6 is 34.8 Å². The summed E-state index contributed by atoms with van der Waals surface area (Å²) < 4.78 is 31.8. The van der Waals surface area contributed by atoms with E-state index in [1.54, 1.807) is 35.1 Å². The Kier molecular flexibility index (Phi) is 8.02. The molecule has 2 aliphatic carbocycles. The number of aliphatic hydroxyl groups is 1. The third-order valence-corrected chi connectivity index (χ3v) is 8.92. The molecule has 0 aliphatic heterocycles. The predicted octanol–water partition coefficient (Wildman–Crippen LogP) is 7.38. The molecule has 4 aromatic rings. The van der Waals surface area contributed by atoms with E-state index in [1.807, 2.05) is 0 Å². The molecule has 12 heteroatoms. The van der Waals surface area contributed by atoms with E-state index in [0.717, 1.165) is 29.7 Å². The fourth-order valence-electron chi connectivity index (χ4n) is 5.67. The zero-order chi connectivity index (χ0) is 30.5. The maximum Gasteiger partial charge on any atom is 0.339 e. The van der Waals surface area contributed by atoms with Gasteiger partial charge in [0.2, 0.25) is 5.88 Å². The van der Waals surface area contributed by atoms with Crippen molar-refractivity contribution in [1.82, 2.24) is 14.8 Å². The Hall–Kier alpha value is -3.37. The average molecular weight is 647 g/mol. The van der Waals surface area contributed by atoms with E-state index in [0.29, 0.717) is 52.2 Å². The van der Waals surface area contributed by atoms with Crippen molar-refractivity contribution >= 4 is 40.8 Å². The van der Waals surface area contributed by atoms with Crippen LogP contribution in [0.3, 0.4) is 0 Å². The van der Waals surface area contributed by atoms with Gasteiger partial charge in [0, 0.05) is 22.9 Å². The van der Waals surface area contributed by atoms with Gasteiger partial charge < -0.3 is 19.3 Å². The number of hydrogen-bond acceptors (Lipinski definition) is 7. The van der Waals surface area contributed by atoms with Crippen molar-refractivity contribution in [3.05, 3.63) is 97.6 Å². The van der Waals surface area contributed by atoms with Crippen LogP contribution in [0.5, 0.6) is 11.6 Å². The van der Waals surface area contributed by atoms with Gasteiger partial charge >= 0.3 is 5.97 Å². The fourth-order valence-corrected chi connectivity index (χ4v) is 6.63. The molecule has 43 heavy (non-hydrogen) atoms. The zero-order valence-corrected chi connectivity index (χ0v) is 25.5. The lowest BCUT2D eigenvalue weighted by molar-refractivity contribution is -0.0554. The molecule has 2 aromatic carbocycles. The Bertz CT molecular complexity index is 1700. The number of aromatic nitrogens is 3. The quantitative estimate of drug-likeness (QED) is 0.190. The van der Waals surface area contributed by atoms with Crippen LogP contribution in [0.1, 0.15) is 70.3 Å². The van der Waals surface area contributed by atoms with E-state index in [2.05, 4.69) is 10.1 Å². The van der Waals surface area contributed by atoms with Gasteiger partial charge in [-0.2, -0.15) is 5.10 Å². The molecular weight excluding hydrogens is 620 g/mol. The number of esters is 1. The smallest absolute Gasteiger partial charge is 0.339 e. The molecule has 0 atom stereocenters. The number of halogens is 4. The lowest BCUT2D eigenvalue weighted by Gasteiger charge is -2.44. The molecule has 6 rings (SSSR count). The van der Waals surface area contributed by atoms with Crippen LogP contribution in [0.15, 0.2) is 48.8 Å². The van der Waals surface area contributed by atoms with Crippen molar-refractivity contribution in [2.24, 2.45) is 0 Å². The first-order valence-corrected chi connectivity index (χ1v) is 14.7. The number of ether oxygens (including phenoxy) is 3. The minimum absolute atomic E-state index is 0.102. The van der Waals surface area contributed by atoms with Gasteiger partial charge in [-0.25, -0.2) is 18.9 Å². The van der Waals surface area contributed by atoms with Crippen molar-refractivity contribution in [3.8, 4) is 17.3 Å². The first kappa shape index (κ1) is 29.7. The molecule has 2 saturated carbocycles. The summed E-state index contributed by atoms with van der Waals surface area (Å²) in [6.45, 7) is 0.140. The minimum atomic E-state index is -1.18. The molecule has 1 N–H and O–H groups in total. The molecule has 2 aromatic heterocycles. The fraction of sp³-hybridized carbons (Fsp3) is 0.323. The highest BCUT2D eigenvalue weighted by molar-refractivity contribution is 6.37. The third-order valence-electron chi connectivity index (χ3n) is 8.03. The number of nitrogens with zero attached hydrogens (tertiary/aromatic N) is 3. The first-order chi connectivity index (χ1) is 20.6. The summed E-state index contributed by atoms with van der Waals surface area (Å²) in [5, 5.41) is 16.6. The number of rotatable bonds is 9. The Morgan fingerprint density at radius 1 is 1.02 bits per heavy atom. The normalized spacial score (nSPS) is 19.6. The summed E-state index contributed by atoms with van der Waals surface area (Å²) in [6, 6.07) is 9.25. The van der Waals surface area contributed by atoms with Crippen LogP contribution in [0.4, 0.5) is 4.39 Å². The van der Waals surface area contributed by atoms with E-state index in [4.69, 9.17) is 49.0 Å². The summed E-state index contributed by atoms with van der Waals surface area (Å²) >= 11 is 19.4. The van der Waals surface area contributed by atoms with E-state index in [1.165, 1.54) is 32.5 Å². The molecule has 8 nitrogen and oxygen atoms in total. The molecule has 2 heterocycles. The highest BCUT2D eigenvalue weighted by Gasteiger charge is 2.47. The van der Waals surface area contributed by atoms with Crippen LogP contribution in [0, 0.1) is 5.82 Å². The standard InChI is InChI=1S/C31H27Cl3FN3O5/c1-41-29-21(7-17(13-36-29)30(39)42-2)18-11-31(40,12-18)23-6-5-20(10-24(23)32)43-15-27-22(16-3-4-16)14-37-38(27)28-25(33)8-19(35)9-26(28)34/h5-10,13-14,16,18,40H,3-4,11-12,15H2,1-2H3/t18-,31+. The summed E-state index contributed by atoms with van der Waals surface area (Å²) in [5.41, 5.74) is 2.58. The molecule has 0 amide bonds. The molecule has 224 valence electrons. The van der Waals surface area contributed by atoms with Gasteiger partial charge in [0.1, 0.15) is 23.9 Å². The molecule has 0 saturated heterocycles. The second-order valence-corrected chi connectivity index (χ2v) is 12.1. The van der Waals surface area contributed by atoms with Crippen molar-refractivity contribution in [2.75, 3.05) is 14.2 Å². The van der Waals surface area contributed by atoms with Crippen LogP contribution in [-0.2, 0) is 16.9 Å². The van der Waals surface area contributed by atoms with Crippen LogP contribution < -0.4 is 9.47 Å². The highest BCUT2D eigenvalue weighted by Crippen LogP contribution is 2.54. The number of hydrogen-bond donors (Lipinski definition) is 1. The second-order valence-electron chi connectivity index (χ2n) is 10.8. The maximum atomic E-state index is 13.8. The summed E-state index contributed by atoms with van der Waals surface area (Å²) in [5.74, 6) is 0.111. The molecule has 0 unspecified atom stereocenters. The molecule has 2 fully saturated rings. The van der Waals surface area contributed by atoms with Gasteiger partial charge in [-0.05, 0) is 67.9 Å². The summed E-state index contributed by atoms with van der Waals surface area (Å²) in [7, 11) is 2.81. The lowest BCUT2D eigenvalue weighted by atomic mass is 9.65. The summed E-state index contributed by atoms with van der Waals surface area (Å²) in [6.07, 6.45) is 5.98. The molecular formula is C31H27Cl3FN3O5. The van der Waals surface area contributed by atoms with Gasteiger partial charge in [0.15, 0.2) is 0 Å². The van der Waals surface area contributed by atoms with Gasteiger partial charge in [-0.1, -0.05) is 40.9 Å². The zero-order valence-electron chi connectivity index (χ0n) is 23.2. The average Bonchev–Trinajstić information content (AvgIpc) is 3.73. The minimum Gasteiger partial charge on any atom is -0.487 e. The number of methoxy groups -OCH3 is 2. The topological polar surface area (TPSA) is 95.7 Å². The summed E-state index contributed by atoms with van der Waals surface area (Å²) in [4.78, 5) is 16.3. The Morgan fingerprint density at radius 2 is 1.74 bits per heavy atom. The largest absolute Gasteiger partial charge is 0.487 e. The van der Waals surface area contributed by atoms with Crippen molar-refractivity contribution in [3.63, 3.8) is 0 Å². The van der Waals surface area contributed by atoms with Gasteiger partial charge in [-0.15, -0.1) is 0 Å². The molecule has 0 bridgehead atoms. The second kappa shape index (κ2) is 11.6. The van der Waals surface area contributed by atoms with Crippen molar-refractivity contribution in [1.29, 1.82) is 0 Å². The Balaban J connectivity index is 1.20. The number of carbonyl (C=O) groups excluding carboxylic acids is 1. The Morgan fingerprint density at radius 3 is 2.37 bits per heavy atom. The number of pyridine rings is 1. The maximum absolute atomic E-state index is 13.8. The van der Waals surface area contributed by atoms with Gasteiger partial charge in [-0.3, -0.25) is 0 Å². The van der Waals surface area contributed by atoms with Crippen LogP contribution in [-0.4, -0.2) is 40.1 Å². The lowest BCUT2D eigenvalue weighted by Crippen LogP contribution is -2.40. The van der Waals surface area contributed by atoms with Gasteiger partial charge in [0.05, 0.1) is 52.3 Å². The van der Waals surface area contributed by atoms with E-state index < -0.39 is 17.4 Å². The van der Waals surface area contributed by atoms with Gasteiger partial charge in [0.25, 0.3) is 0 Å².